The fraction of sp³-hybridized carbons (Fsp3) is 0.500. The zero-order valence-corrected chi connectivity index (χ0v) is 9.02. The van der Waals surface area contributed by atoms with Crippen LogP contribution in [0, 0.1) is 0 Å². The molecule has 86 valence electrons. The van der Waals surface area contributed by atoms with E-state index in [2.05, 4.69) is 15.3 Å². The Morgan fingerprint density at radius 3 is 3.06 bits per heavy atom. The fourth-order valence-electron chi connectivity index (χ4n) is 1.75. The molecule has 1 aliphatic rings. The molecule has 1 amide bonds. The summed E-state index contributed by atoms with van der Waals surface area (Å²) in [7, 11) is 0. The van der Waals surface area contributed by atoms with Gasteiger partial charge in [0.25, 0.3) is 0 Å². The van der Waals surface area contributed by atoms with Crippen LogP contribution in [-0.2, 0) is 11.3 Å². The molecular weight excluding hydrogens is 206 g/mol. The summed E-state index contributed by atoms with van der Waals surface area (Å²) in [5.41, 5.74) is 6.33. The van der Waals surface area contributed by atoms with E-state index in [4.69, 9.17) is 5.73 Å². The third kappa shape index (κ3) is 2.27. The summed E-state index contributed by atoms with van der Waals surface area (Å²) in [5.74, 6) is 0.744. The van der Waals surface area contributed by atoms with Crippen molar-refractivity contribution in [2.24, 2.45) is 5.73 Å². The van der Waals surface area contributed by atoms with Crippen molar-refractivity contribution in [3.05, 3.63) is 18.1 Å². The average Bonchev–Trinajstić information content (AvgIpc) is 2.54. The molecule has 1 aromatic heterocycles. The molecule has 2 rings (SSSR count). The largest absolute Gasteiger partial charge is 0.354 e. The Bertz CT molecular complexity index is 381. The average molecular weight is 221 g/mol. The van der Waals surface area contributed by atoms with Gasteiger partial charge in [0, 0.05) is 32.0 Å². The Kier molecular flexibility index (Phi) is 3.31. The van der Waals surface area contributed by atoms with Crippen LogP contribution in [0.25, 0.3) is 0 Å². The molecule has 1 aromatic rings. The highest BCUT2D eigenvalue weighted by Crippen LogP contribution is 2.15. The highest BCUT2D eigenvalue weighted by molar-refractivity contribution is 5.81. The van der Waals surface area contributed by atoms with Crippen LogP contribution in [0.15, 0.2) is 12.4 Å². The molecule has 1 fully saturated rings. The third-order valence-electron chi connectivity index (χ3n) is 2.51. The molecule has 0 radical (unpaired) electrons. The number of hydrogen-bond acceptors (Lipinski definition) is 5. The van der Waals surface area contributed by atoms with Crippen molar-refractivity contribution in [3.63, 3.8) is 0 Å². The lowest BCUT2D eigenvalue weighted by Gasteiger charge is -2.21. The van der Waals surface area contributed by atoms with E-state index in [-0.39, 0.29) is 5.91 Å². The molecule has 1 aliphatic heterocycles. The highest BCUT2D eigenvalue weighted by Gasteiger charge is 2.18. The van der Waals surface area contributed by atoms with E-state index < -0.39 is 0 Å². The second-order valence-corrected chi connectivity index (χ2v) is 3.66. The normalized spacial score (nSPS) is 16.8. The number of nitrogens with one attached hydrogen (secondary N) is 1. The van der Waals surface area contributed by atoms with Gasteiger partial charge >= 0.3 is 0 Å². The maximum absolute atomic E-state index is 11.4. The number of rotatable bonds is 2. The maximum atomic E-state index is 11.4. The first-order valence-corrected chi connectivity index (χ1v) is 5.33. The lowest BCUT2D eigenvalue weighted by atomic mass is 10.3. The summed E-state index contributed by atoms with van der Waals surface area (Å²) < 4.78 is 0. The van der Waals surface area contributed by atoms with Crippen molar-refractivity contribution in [1.82, 2.24) is 15.3 Å². The molecule has 0 bridgehead atoms. The Morgan fingerprint density at radius 2 is 2.25 bits per heavy atom. The molecule has 16 heavy (non-hydrogen) atoms. The summed E-state index contributed by atoms with van der Waals surface area (Å²) in [5, 5.41) is 2.82. The zero-order valence-electron chi connectivity index (χ0n) is 9.02. The van der Waals surface area contributed by atoms with Gasteiger partial charge < -0.3 is 16.0 Å². The second kappa shape index (κ2) is 4.89. The molecule has 0 spiro atoms. The van der Waals surface area contributed by atoms with Crippen LogP contribution in [-0.4, -0.2) is 35.5 Å². The maximum Gasteiger partial charge on any atom is 0.239 e. The van der Waals surface area contributed by atoms with Crippen LogP contribution in [0.3, 0.4) is 0 Å². The highest BCUT2D eigenvalue weighted by atomic mass is 16.2. The third-order valence-corrected chi connectivity index (χ3v) is 2.51. The number of carbonyl (C=O) groups excluding carboxylic acids is 1. The van der Waals surface area contributed by atoms with E-state index in [9.17, 15) is 4.79 Å². The summed E-state index contributed by atoms with van der Waals surface area (Å²) in [6, 6.07) is 0. The van der Waals surface area contributed by atoms with Crippen molar-refractivity contribution in [2.45, 2.75) is 13.0 Å². The Labute approximate surface area is 93.9 Å². The van der Waals surface area contributed by atoms with Crippen LogP contribution in [0.5, 0.6) is 0 Å². The quantitative estimate of drug-likeness (QED) is 0.687. The minimum absolute atomic E-state index is 0.0196. The molecule has 6 heteroatoms. The van der Waals surface area contributed by atoms with Gasteiger partial charge in [0.2, 0.25) is 5.91 Å². The van der Waals surface area contributed by atoms with Gasteiger partial charge in [-0.3, -0.25) is 9.78 Å². The van der Waals surface area contributed by atoms with Crippen molar-refractivity contribution < 1.29 is 4.79 Å². The number of amides is 1. The van der Waals surface area contributed by atoms with Crippen molar-refractivity contribution in [2.75, 3.05) is 24.5 Å². The smallest absolute Gasteiger partial charge is 0.239 e. The van der Waals surface area contributed by atoms with E-state index in [1.165, 1.54) is 0 Å². The topological polar surface area (TPSA) is 84.1 Å². The number of carbonyl (C=O) groups is 1. The molecule has 0 atom stereocenters. The number of anilines is 1. The Hall–Kier alpha value is -1.69. The first-order chi connectivity index (χ1) is 7.81. The lowest BCUT2D eigenvalue weighted by Crippen LogP contribution is -2.34. The van der Waals surface area contributed by atoms with Crippen LogP contribution in [0.2, 0.25) is 0 Å². The van der Waals surface area contributed by atoms with Crippen LogP contribution in [0.4, 0.5) is 5.82 Å². The summed E-state index contributed by atoms with van der Waals surface area (Å²) in [6.07, 6.45) is 4.15. The van der Waals surface area contributed by atoms with Gasteiger partial charge in [-0.1, -0.05) is 0 Å². The SMILES string of the molecule is NCc1nccnc1N1CCCNC(=O)C1. The van der Waals surface area contributed by atoms with E-state index in [0.29, 0.717) is 19.6 Å². The minimum atomic E-state index is 0.0196. The number of nitrogens with two attached hydrogens (primary N) is 1. The van der Waals surface area contributed by atoms with Gasteiger partial charge in [-0.15, -0.1) is 0 Å². The minimum Gasteiger partial charge on any atom is -0.354 e. The summed E-state index contributed by atoms with van der Waals surface area (Å²) in [4.78, 5) is 21.8. The molecular formula is C10H15N5O. The molecule has 3 N–H and O–H groups in total. The molecule has 6 nitrogen and oxygen atoms in total. The van der Waals surface area contributed by atoms with Gasteiger partial charge in [0.1, 0.15) is 0 Å². The van der Waals surface area contributed by atoms with E-state index >= 15 is 0 Å². The molecule has 0 aromatic carbocycles. The summed E-state index contributed by atoms with van der Waals surface area (Å²) >= 11 is 0. The Balaban J connectivity index is 2.24. The molecule has 1 saturated heterocycles. The molecule has 2 heterocycles. The van der Waals surface area contributed by atoms with E-state index in [0.717, 1.165) is 24.5 Å². The number of nitrogens with zero attached hydrogens (tertiary/aromatic N) is 3. The molecule has 0 unspecified atom stereocenters. The monoisotopic (exact) mass is 221 g/mol. The van der Waals surface area contributed by atoms with Crippen molar-refractivity contribution in [3.8, 4) is 0 Å². The lowest BCUT2D eigenvalue weighted by molar-refractivity contribution is -0.119. The number of aromatic nitrogens is 2. The van der Waals surface area contributed by atoms with Gasteiger partial charge in [0.05, 0.1) is 12.2 Å². The Morgan fingerprint density at radius 1 is 1.44 bits per heavy atom. The zero-order chi connectivity index (χ0) is 11.4. The van der Waals surface area contributed by atoms with Crippen molar-refractivity contribution in [1.29, 1.82) is 0 Å². The van der Waals surface area contributed by atoms with Crippen molar-refractivity contribution >= 4 is 11.7 Å². The van der Waals surface area contributed by atoms with Crippen LogP contribution in [0.1, 0.15) is 12.1 Å². The van der Waals surface area contributed by atoms with Gasteiger partial charge in [-0.05, 0) is 6.42 Å². The molecule has 0 saturated carbocycles. The number of hydrogen-bond donors (Lipinski definition) is 2. The standard InChI is InChI=1S/C10H15N5O/c11-6-8-10(14-4-3-12-8)15-5-1-2-13-9(16)7-15/h3-4H,1-2,5-7,11H2,(H,13,16). The van der Waals surface area contributed by atoms with Gasteiger partial charge in [-0.25, -0.2) is 4.98 Å². The fourth-order valence-corrected chi connectivity index (χ4v) is 1.75. The van der Waals surface area contributed by atoms with E-state index in [1.807, 2.05) is 4.90 Å². The second-order valence-electron chi connectivity index (χ2n) is 3.66. The van der Waals surface area contributed by atoms with Crippen LogP contribution < -0.4 is 16.0 Å². The molecule has 0 aliphatic carbocycles. The summed E-state index contributed by atoms with van der Waals surface area (Å²) in [6.45, 7) is 2.17. The van der Waals surface area contributed by atoms with E-state index in [1.54, 1.807) is 12.4 Å². The first kappa shape index (κ1) is 10.8. The predicted molar refractivity (Wildman–Crippen MR) is 59.8 cm³/mol. The predicted octanol–water partition coefficient (Wildman–Crippen LogP) is -0.738. The van der Waals surface area contributed by atoms with Gasteiger partial charge in [0.15, 0.2) is 5.82 Å². The van der Waals surface area contributed by atoms with Crippen LogP contribution >= 0.6 is 0 Å². The van der Waals surface area contributed by atoms with Gasteiger partial charge in [-0.2, -0.15) is 0 Å². The first-order valence-electron chi connectivity index (χ1n) is 5.33.